The smallest absolute Gasteiger partial charge is 0.258 e. The zero-order valence-corrected chi connectivity index (χ0v) is 8.71. The van der Waals surface area contributed by atoms with E-state index < -0.39 is 38.0 Å². The molecule has 0 saturated heterocycles. The first-order valence-corrected chi connectivity index (χ1v) is 5.36. The van der Waals surface area contributed by atoms with Crippen LogP contribution in [0.25, 0.3) is 0 Å². The molecule has 0 N–H and O–H groups in total. The van der Waals surface area contributed by atoms with Crippen LogP contribution in [-0.4, -0.2) is 14.7 Å². The molecule has 5 nitrogen and oxygen atoms in total. The van der Waals surface area contributed by atoms with Crippen molar-refractivity contribution in [2.24, 2.45) is 4.99 Å². The number of halogens is 3. The maximum Gasteiger partial charge on any atom is 0.417 e. The summed E-state index contributed by atoms with van der Waals surface area (Å²) in [6.45, 7) is 0. The van der Waals surface area contributed by atoms with Crippen molar-refractivity contribution in [2.45, 2.75) is 11.1 Å². The van der Waals surface area contributed by atoms with Crippen molar-refractivity contribution in [3.05, 3.63) is 27.8 Å². The van der Waals surface area contributed by atoms with E-state index in [-0.39, 0.29) is 5.69 Å². The Balaban J connectivity index is 2.75. The van der Waals surface area contributed by atoms with E-state index in [2.05, 4.69) is 4.99 Å². The van der Waals surface area contributed by atoms with Gasteiger partial charge < -0.3 is 0 Å². The van der Waals surface area contributed by atoms with Crippen LogP contribution < -0.4 is 0 Å². The highest BCUT2D eigenvalue weighted by Gasteiger charge is 2.39. The average Bonchev–Trinajstić information content (AvgIpc) is 2.58. The first-order chi connectivity index (χ1) is 7.80. The van der Waals surface area contributed by atoms with Crippen molar-refractivity contribution in [2.75, 3.05) is 0 Å². The predicted molar refractivity (Wildman–Crippen MR) is 52.7 cm³/mol. The molecule has 0 aromatic heterocycles. The number of hydrogen-bond donors (Lipinski definition) is 0. The van der Waals surface area contributed by atoms with E-state index in [9.17, 15) is 27.5 Å². The minimum Gasteiger partial charge on any atom is -0.258 e. The molecule has 1 unspecified atom stereocenters. The fourth-order valence-corrected chi connectivity index (χ4v) is 2.40. The van der Waals surface area contributed by atoms with Crippen LogP contribution >= 0.6 is 0 Å². The van der Waals surface area contributed by atoms with Crippen LogP contribution in [0.5, 0.6) is 0 Å². The molecule has 1 atom stereocenters. The molecule has 0 spiro atoms. The maximum absolute atomic E-state index is 12.6. The molecule has 0 amide bonds. The van der Waals surface area contributed by atoms with Crippen molar-refractivity contribution in [1.82, 2.24) is 0 Å². The van der Waals surface area contributed by atoms with Gasteiger partial charge >= 0.3 is 6.18 Å². The summed E-state index contributed by atoms with van der Waals surface area (Å²) in [5.74, 6) is 0. The highest BCUT2D eigenvalue weighted by atomic mass is 32.2. The molecular formula is C8H3F3N2O3S. The standard InChI is InChI=1S/C8H3F3N2O3S/c9-8(10,11)5-1-4(13(14)15)2-6-7(5)17(16)3-12-6/h1-3H. The fraction of sp³-hybridized carbons (Fsp3) is 0.125. The summed E-state index contributed by atoms with van der Waals surface area (Å²) in [5, 5.41) is 10.5. The molecule has 17 heavy (non-hydrogen) atoms. The Labute approximate surface area is 94.6 Å². The molecule has 0 fully saturated rings. The van der Waals surface area contributed by atoms with Crippen molar-refractivity contribution < 1.29 is 22.3 Å². The van der Waals surface area contributed by atoms with Crippen LogP contribution in [-0.2, 0) is 17.0 Å². The first-order valence-electron chi connectivity index (χ1n) is 4.15. The number of fused-ring (bicyclic) bond motifs is 1. The van der Waals surface area contributed by atoms with E-state index >= 15 is 0 Å². The highest BCUT2D eigenvalue weighted by molar-refractivity contribution is 7.99. The second-order valence-corrected chi connectivity index (χ2v) is 4.34. The molecule has 0 saturated carbocycles. The van der Waals surface area contributed by atoms with Crippen LogP contribution in [0.15, 0.2) is 22.0 Å². The number of hydrogen-bond acceptors (Lipinski definition) is 4. The molecule has 0 radical (unpaired) electrons. The van der Waals surface area contributed by atoms with E-state index in [4.69, 9.17) is 0 Å². The Hall–Kier alpha value is -1.77. The number of alkyl halides is 3. The highest BCUT2D eigenvalue weighted by Crippen LogP contribution is 2.42. The third-order valence-corrected chi connectivity index (χ3v) is 3.19. The van der Waals surface area contributed by atoms with Gasteiger partial charge in [0, 0.05) is 12.1 Å². The summed E-state index contributed by atoms with van der Waals surface area (Å²) in [6.07, 6.45) is -4.81. The number of nitro groups is 1. The lowest BCUT2D eigenvalue weighted by Crippen LogP contribution is -2.10. The summed E-state index contributed by atoms with van der Waals surface area (Å²) in [7, 11) is -2.01. The van der Waals surface area contributed by atoms with Gasteiger partial charge in [-0.25, -0.2) is 9.20 Å². The van der Waals surface area contributed by atoms with Crippen molar-refractivity contribution in [1.29, 1.82) is 0 Å². The van der Waals surface area contributed by atoms with Gasteiger partial charge in [0.25, 0.3) is 5.69 Å². The van der Waals surface area contributed by atoms with Crippen molar-refractivity contribution in [3.63, 3.8) is 0 Å². The van der Waals surface area contributed by atoms with Gasteiger partial charge in [0.15, 0.2) is 0 Å². The summed E-state index contributed by atoms with van der Waals surface area (Å²) in [4.78, 5) is 12.5. The van der Waals surface area contributed by atoms with Gasteiger partial charge in [0.1, 0.15) is 0 Å². The fourth-order valence-electron chi connectivity index (χ4n) is 1.38. The van der Waals surface area contributed by atoms with E-state index in [1.54, 1.807) is 0 Å². The lowest BCUT2D eigenvalue weighted by Gasteiger charge is -2.10. The minimum atomic E-state index is -4.81. The lowest BCUT2D eigenvalue weighted by atomic mass is 10.1. The van der Waals surface area contributed by atoms with Crippen LogP contribution in [0, 0.1) is 10.1 Å². The zero-order chi connectivity index (χ0) is 12.8. The number of rotatable bonds is 1. The average molecular weight is 264 g/mol. The molecule has 0 aliphatic carbocycles. The van der Waals surface area contributed by atoms with Gasteiger partial charge in [-0.15, -0.1) is 0 Å². The zero-order valence-electron chi connectivity index (χ0n) is 7.89. The number of benzene rings is 1. The molecule has 1 aromatic rings. The van der Waals surface area contributed by atoms with E-state index in [0.717, 1.165) is 11.6 Å². The van der Waals surface area contributed by atoms with Gasteiger partial charge in [-0.2, -0.15) is 13.2 Å². The van der Waals surface area contributed by atoms with E-state index in [0.29, 0.717) is 6.07 Å². The molecule has 9 heteroatoms. The van der Waals surface area contributed by atoms with Gasteiger partial charge in [0.05, 0.1) is 37.4 Å². The van der Waals surface area contributed by atoms with Gasteiger partial charge in [-0.1, -0.05) is 0 Å². The SMILES string of the molecule is O=[N+]([O-])c1cc2c(c(C(F)(F)F)c1)S(=O)C=N2. The van der Waals surface area contributed by atoms with Gasteiger partial charge in [0.2, 0.25) is 0 Å². The molecule has 90 valence electrons. The van der Waals surface area contributed by atoms with Crippen LogP contribution in [0.2, 0.25) is 0 Å². The number of nitrogens with zero attached hydrogens (tertiary/aromatic N) is 2. The third-order valence-electron chi connectivity index (χ3n) is 2.06. The second kappa shape index (κ2) is 3.62. The Morgan fingerprint density at radius 1 is 1.35 bits per heavy atom. The number of aliphatic imine (C=N–C) groups is 1. The molecule has 2 rings (SSSR count). The normalized spacial score (nSPS) is 18.2. The first kappa shape index (κ1) is 11.7. The van der Waals surface area contributed by atoms with Crippen LogP contribution in [0.4, 0.5) is 24.5 Å². The summed E-state index contributed by atoms with van der Waals surface area (Å²) >= 11 is 0. The molecule has 1 aliphatic rings. The summed E-state index contributed by atoms with van der Waals surface area (Å²) in [6, 6.07) is 1.23. The van der Waals surface area contributed by atoms with E-state index in [1.165, 1.54) is 0 Å². The summed E-state index contributed by atoms with van der Waals surface area (Å²) in [5.41, 5.74) is -1.46. The Kier molecular flexibility index (Phi) is 2.49. The molecule has 1 aliphatic heterocycles. The topological polar surface area (TPSA) is 72.6 Å². The van der Waals surface area contributed by atoms with Crippen molar-refractivity contribution in [3.8, 4) is 0 Å². The Morgan fingerprint density at radius 2 is 2.00 bits per heavy atom. The predicted octanol–water partition coefficient (Wildman–Crippen LogP) is 2.39. The second-order valence-electron chi connectivity index (χ2n) is 3.13. The monoisotopic (exact) mass is 264 g/mol. The van der Waals surface area contributed by atoms with Crippen LogP contribution in [0.3, 0.4) is 0 Å². The van der Waals surface area contributed by atoms with Gasteiger partial charge in [-0.05, 0) is 0 Å². The number of nitro benzene ring substituents is 1. The molecule has 1 aromatic carbocycles. The summed E-state index contributed by atoms with van der Waals surface area (Å²) < 4.78 is 49.2. The number of non-ortho nitro benzene ring substituents is 1. The van der Waals surface area contributed by atoms with Crippen LogP contribution in [0.1, 0.15) is 5.56 Å². The molecular weight excluding hydrogens is 261 g/mol. The lowest BCUT2D eigenvalue weighted by molar-refractivity contribution is -0.385. The Morgan fingerprint density at radius 3 is 2.53 bits per heavy atom. The Bertz CT molecular complexity index is 568. The van der Waals surface area contributed by atoms with Crippen molar-refractivity contribution >= 4 is 27.7 Å². The molecule has 0 bridgehead atoms. The van der Waals surface area contributed by atoms with Gasteiger partial charge in [-0.3, -0.25) is 10.1 Å². The maximum atomic E-state index is 12.6. The quantitative estimate of drug-likeness (QED) is 0.577. The largest absolute Gasteiger partial charge is 0.417 e. The minimum absolute atomic E-state index is 0.273. The third kappa shape index (κ3) is 1.93. The van der Waals surface area contributed by atoms with E-state index in [1.807, 2.05) is 0 Å². The molecule has 1 heterocycles.